The van der Waals surface area contributed by atoms with Gasteiger partial charge in [-0.15, -0.1) is 0 Å². The number of halogens is 1. The van der Waals surface area contributed by atoms with Crippen molar-refractivity contribution in [3.8, 4) is 0 Å². The van der Waals surface area contributed by atoms with Crippen molar-refractivity contribution in [2.24, 2.45) is 5.92 Å². The third-order valence-corrected chi connectivity index (χ3v) is 4.97. The molecule has 1 aliphatic rings. The quantitative estimate of drug-likeness (QED) is 0.862. The van der Waals surface area contributed by atoms with Gasteiger partial charge in [0.2, 0.25) is 0 Å². The van der Waals surface area contributed by atoms with E-state index in [1.165, 1.54) is 6.07 Å². The van der Waals surface area contributed by atoms with Crippen LogP contribution in [-0.4, -0.2) is 53.7 Å². The molecule has 140 valence electrons. The summed E-state index contributed by atoms with van der Waals surface area (Å²) >= 11 is 0. The molecule has 1 aromatic heterocycles. The number of benzene rings is 1. The Morgan fingerprint density at radius 2 is 2.23 bits per heavy atom. The number of hydrogen-bond acceptors (Lipinski definition) is 3. The van der Waals surface area contributed by atoms with Crippen LogP contribution in [-0.2, 0) is 6.54 Å². The highest BCUT2D eigenvalue weighted by atomic mass is 19.1. The first kappa shape index (κ1) is 18.2. The molecule has 0 spiro atoms. The van der Waals surface area contributed by atoms with Gasteiger partial charge in [0.1, 0.15) is 11.6 Å². The van der Waals surface area contributed by atoms with Gasteiger partial charge in [0.25, 0.3) is 0 Å². The number of likely N-dealkylation sites (N-methyl/N-ethyl adjacent to an activating group) is 1. The van der Waals surface area contributed by atoms with Crippen LogP contribution in [0.15, 0.2) is 36.7 Å². The summed E-state index contributed by atoms with van der Waals surface area (Å²) in [5.41, 5.74) is 0.647. The van der Waals surface area contributed by atoms with Gasteiger partial charge in [0.05, 0.1) is 5.69 Å². The van der Waals surface area contributed by atoms with E-state index in [4.69, 9.17) is 0 Å². The van der Waals surface area contributed by atoms with Crippen molar-refractivity contribution in [1.29, 1.82) is 0 Å². The first-order chi connectivity index (χ1) is 12.5. The second-order valence-electron chi connectivity index (χ2n) is 6.83. The van der Waals surface area contributed by atoms with E-state index in [2.05, 4.69) is 15.2 Å². The molecular weight excluding hydrogens is 333 g/mol. The number of carbonyl (C=O) groups excluding carboxylic acids is 1. The number of nitrogens with zero attached hydrogens (tertiary/aromatic N) is 4. The Labute approximate surface area is 153 Å². The van der Waals surface area contributed by atoms with Crippen molar-refractivity contribution < 1.29 is 9.18 Å². The molecule has 2 heterocycles. The Morgan fingerprint density at radius 1 is 1.42 bits per heavy atom. The van der Waals surface area contributed by atoms with E-state index in [9.17, 15) is 9.18 Å². The molecule has 0 bridgehead atoms. The molecule has 1 aromatic carbocycles. The van der Waals surface area contributed by atoms with Crippen LogP contribution in [0.1, 0.15) is 12.2 Å². The van der Waals surface area contributed by atoms with E-state index in [0.717, 1.165) is 31.9 Å². The minimum Gasteiger partial charge on any atom is -0.369 e. The van der Waals surface area contributed by atoms with Crippen molar-refractivity contribution in [1.82, 2.24) is 19.8 Å². The topological polar surface area (TPSA) is 53.4 Å². The minimum absolute atomic E-state index is 0.0767. The lowest BCUT2D eigenvalue weighted by Crippen LogP contribution is -2.41. The zero-order chi connectivity index (χ0) is 18.5. The van der Waals surface area contributed by atoms with Gasteiger partial charge in [-0.25, -0.2) is 14.2 Å². The number of urea groups is 1. The number of rotatable bonds is 6. The fourth-order valence-corrected chi connectivity index (χ4v) is 3.29. The van der Waals surface area contributed by atoms with Crippen molar-refractivity contribution in [2.45, 2.75) is 19.9 Å². The maximum atomic E-state index is 13.9. The van der Waals surface area contributed by atoms with Gasteiger partial charge in [-0.1, -0.05) is 12.1 Å². The van der Waals surface area contributed by atoms with Gasteiger partial charge in [0, 0.05) is 52.2 Å². The average Bonchev–Trinajstić information content (AvgIpc) is 3.27. The molecule has 3 rings (SSSR count). The van der Waals surface area contributed by atoms with Crippen LogP contribution in [0.5, 0.6) is 0 Å². The fourth-order valence-electron chi connectivity index (χ4n) is 3.29. The lowest BCUT2D eigenvalue weighted by Gasteiger charge is -2.21. The molecule has 0 aliphatic carbocycles. The molecule has 1 aliphatic heterocycles. The number of para-hydroxylation sites is 1. The van der Waals surface area contributed by atoms with Crippen LogP contribution in [0.25, 0.3) is 0 Å². The Kier molecular flexibility index (Phi) is 5.75. The van der Waals surface area contributed by atoms with E-state index < -0.39 is 0 Å². The first-order valence-electron chi connectivity index (χ1n) is 9.01. The smallest absolute Gasteiger partial charge is 0.317 e. The lowest BCUT2D eigenvalue weighted by molar-refractivity contribution is 0.205. The number of hydrogen-bond donors (Lipinski definition) is 1. The summed E-state index contributed by atoms with van der Waals surface area (Å²) in [5, 5.41) is 3.00. The van der Waals surface area contributed by atoms with Crippen LogP contribution >= 0.6 is 0 Å². The van der Waals surface area contributed by atoms with Crippen molar-refractivity contribution in [2.75, 3.05) is 38.1 Å². The molecule has 7 heteroatoms. The normalized spacial score (nSPS) is 16.7. The standard InChI is InChI=1S/C19H26FN5O/c1-15-21-8-10-24(15)12-11-23(2)19(26)22-13-16-7-9-25(14-16)18-6-4-3-5-17(18)20/h3-6,8,10,16H,7,9,11-14H2,1-2H3,(H,22,26). The molecule has 0 saturated carbocycles. The molecule has 1 atom stereocenters. The van der Waals surface area contributed by atoms with Crippen molar-refractivity contribution in [3.63, 3.8) is 0 Å². The number of aromatic nitrogens is 2. The molecule has 0 radical (unpaired) electrons. The Balaban J connectivity index is 1.42. The molecule has 1 saturated heterocycles. The second-order valence-corrected chi connectivity index (χ2v) is 6.83. The van der Waals surface area contributed by atoms with Gasteiger partial charge < -0.3 is 19.7 Å². The number of anilines is 1. The summed E-state index contributed by atoms with van der Waals surface area (Å²) < 4.78 is 15.9. The lowest BCUT2D eigenvalue weighted by atomic mass is 10.1. The van der Waals surface area contributed by atoms with Crippen molar-refractivity contribution in [3.05, 3.63) is 48.3 Å². The molecular formula is C19H26FN5O. The molecule has 2 amide bonds. The SMILES string of the molecule is Cc1nccn1CCN(C)C(=O)NCC1CCN(c2ccccc2F)C1. The monoisotopic (exact) mass is 359 g/mol. The summed E-state index contributed by atoms with van der Waals surface area (Å²) in [6.45, 7) is 5.48. The maximum absolute atomic E-state index is 13.9. The number of nitrogens with one attached hydrogen (secondary N) is 1. The van der Waals surface area contributed by atoms with Crippen LogP contribution < -0.4 is 10.2 Å². The largest absolute Gasteiger partial charge is 0.369 e. The third-order valence-electron chi connectivity index (χ3n) is 4.97. The molecule has 2 aromatic rings. The van der Waals surface area contributed by atoms with Gasteiger partial charge in [-0.2, -0.15) is 0 Å². The van der Waals surface area contributed by atoms with E-state index in [0.29, 0.717) is 24.7 Å². The number of carbonyl (C=O) groups is 1. The molecule has 26 heavy (non-hydrogen) atoms. The second kappa shape index (κ2) is 8.21. The van der Waals surface area contributed by atoms with E-state index >= 15 is 0 Å². The van der Waals surface area contributed by atoms with Crippen LogP contribution in [0, 0.1) is 18.7 Å². The highest BCUT2D eigenvalue weighted by molar-refractivity contribution is 5.73. The molecule has 1 N–H and O–H groups in total. The average molecular weight is 359 g/mol. The highest BCUT2D eigenvalue weighted by Crippen LogP contribution is 2.25. The molecule has 6 nitrogen and oxygen atoms in total. The number of amides is 2. The maximum Gasteiger partial charge on any atom is 0.317 e. The van der Waals surface area contributed by atoms with Gasteiger partial charge in [-0.05, 0) is 31.4 Å². The summed E-state index contributed by atoms with van der Waals surface area (Å²) in [7, 11) is 1.79. The van der Waals surface area contributed by atoms with E-state index in [-0.39, 0.29) is 11.8 Å². The van der Waals surface area contributed by atoms with E-state index in [1.54, 1.807) is 24.2 Å². The van der Waals surface area contributed by atoms with Crippen LogP contribution in [0.3, 0.4) is 0 Å². The van der Waals surface area contributed by atoms with Gasteiger partial charge in [0.15, 0.2) is 0 Å². The van der Waals surface area contributed by atoms with Gasteiger partial charge >= 0.3 is 6.03 Å². The van der Waals surface area contributed by atoms with Crippen LogP contribution in [0.2, 0.25) is 0 Å². The van der Waals surface area contributed by atoms with Crippen LogP contribution in [0.4, 0.5) is 14.9 Å². The summed E-state index contributed by atoms with van der Waals surface area (Å²) in [5.74, 6) is 1.09. The zero-order valence-corrected chi connectivity index (χ0v) is 15.4. The third kappa shape index (κ3) is 4.33. The number of imidazole rings is 1. The zero-order valence-electron chi connectivity index (χ0n) is 15.4. The fraction of sp³-hybridized carbons (Fsp3) is 0.474. The summed E-state index contributed by atoms with van der Waals surface area (Å²) in [6, 6.07) is 6.77. The first-order valence-corrected chi connectivity index (χ1v) is 9.01. The van der Waals surface area contributed by atoms with Crippen molar-refractivity contribution >= 4 is 11.7 Å². The Morgan fingerprint density at radius 3 is 2.96 bits per heavy atom. The molecule has 1 fully saturated rings. The van der Waals surface area contributed by atoms with E-state index in [1.807, 2.05) is 29.8 Å². The van der Waals surface area contributed by atoms with Gasteiger partial charge in [-0.3, -0.25) is 0 Å². The predicted octanol–water partition coefficient (Wildman–Crippen LogP) is 2.50. The minimum atomic E-state index is -0.188. The Bertz CT molecular complexity index is 747. The predicted molar refractivity (Wildman–Crippen MR) is 99.7 cm³/mol. The molecule has 1 unspecified atom stereocenters. The summed E-state index contributed by atoms with van der Waals surface area (Å²) in [4.78, 5) is 20.2. The Hall–Kier alpha value is -2.57. The number of aryl methyl sites for hydroxylation is 1. The summed E-state index contributed by atoms with van der Waals surface area (Å²) in [6.07, 6.45) is 4.63. The highest BCUT2D eigenvalue weighted by Gasteiger charge is 2.25.